The lowest BCUT2D eigenvalue weighted by Crippen LogP contribution is -2.24. The monoisotopic (exact) mass is 203 g/mol. The highest BCUT2D eigenvalue weighted by Gasteiger charge is 2.02. The fourth-order valence-electron chi connectivity index (χ4n) is 1.09. The average molecular weight is 204 g/mol. The van der Waals surface area contributed by atoms with E-state index in [0.717, 1.165) is 25.5 Å². The topological polar surface area (TPSA) is 3.24 Å². The smallest absolute Gasteiger partial charge is 0.0351 e. The largest absolute Gasteiger partial charge is 0.297 e. The van der Waals surface area contributed by atoms with Gasteiger partial charge in [0.2, 0.25) is 0 Å². The van der Waals surface area contributed by atoms with Crippen molar-refractivity contribution >= 4 is 22.9 Å². The summed E-state index contributed by atoms with van der Waals surface area (Å²) >= 11 is 7.48. The molecule has 0 fully saturated rings. The molecule has 1 aromatic rings. The lowest BCUT2D eigenvalue weighted by atomic mass is 10.4. The molecule has 0 aliphatic rings. The van der Waals surface area contributed by atoms with Gasteiger partial charge in [-0.15, -0.1) is 22.9 Å². The normalized spacial score (nSPS) is 10.9. The molecule has 12 heavy (non-hydrogen) atoms. The maximum Gasteiger partial charge on any atom is 0.0351 e. The molecule has 0 aliphatic carbocycles. The molecule has 0 N–H and O–H groups in total. The molecule has 1 nitrogen and oxygen atoms in total. The van der Waals surface area contributed by atoms with Crippen LogP contribution in [-0.2, 0) is 6.54 Å². The number of hydrogen-bond acceptors (Lipinski definition) is 2. The van der Waals surface area contributed by atoms with E-state index in [0.29, 0.717) is 0 Å². The summed E-state index contributed by atoms with van der Waals surface area (Å²) in [7, 11) is 0. The van der Waals surface area contributed by atoms with Crippen LogP contribution in [0.5, 0.6) is 0 Å². The van der Waals surface area contributed by atoms with Gasteiger partial charge in [0.15, 0.2) is 0 Å². The summed E-state index contributed by atoms with van der Waals surface area (Å²) < 4.78 is 0. The summed E-state index contributed by atoms with van der Waals surface area (Å²) in [6.07, 6.45) is 0. The molecule has 0 atom stereocenters. The molecule has 0 radical (unpaired) electrons. The molecule has 1 rings (SSSR count). The van der Waals surface area contributed by atoms with Gasteiger partial charge in [0.05, 0.1) is 0 Å². The zero-order valence-corrected chi connectivity index (χ0v) is 8.87. The number of hydrogen-bond donors (Lipinski definition) is 0. The minimum Gasteiger partial charge on any atom is -0.297 e. The molecule has 68 valence electrons. The summed E-state index contributed by atoms with van der Waals surface area (Å²) in [5.74, 6) is 0.721. The molecule has 0 saturated carbocycles. The first-order valence-electron chi connectivity index (χ1n) is 4.17. The van der Waals surface area contributed by atoms with Crippen LogP contribution in [0.4, 0.5) is 0 Å². The van der Waals surface area contributed by atoms with Gasteiger partial charge in [0.1, 0.15) is 0 Å². The van der Waals surface area contributed by atoms with Crippen molar-refractivity contribution in [1.29, 1.82) is 0 Å². The Balaban J connectivity index is 2.37. The third-order valence-corrected chi connectivity index (χ3v) is 2.84. The third kappa shape index (κ3) is 3.13. The molecule has 0 aromatic carbocycles. The van der Waals surface area contributed by atoms with Crippen molar-refractivity contribution < 1.29 is 0 Å². The van der Waals surface area contributed by atoms with E-state index >= 15 is 0 Å². The number of rotatable bonds is 5. The molecule has 3 heteroatoms. The average Bonchev–Trinajstić information content (AvgIpc) is 2.56. The van der Waals surface area contributed by atoms with E-state index in [-0.39, 0.29) is 0 Å². The molecule has 0 spiro atoms. The van der Waals surface area contributed by atoms with Crippen LogP contribution in [0.1, 0.15) is 11.8 Å². The van der Waals surface area contributed by atoms with E-state index < -0.39 is 0 Å². The van der Waals surface area contributed by atoms with Gasteiger partial charge < -0.3 is 0 Å². The Labute approximate surface area is 83.0 Å². The highest BCUT2D eigenvalue weighted by Crippen LogP contribution is 2.11. The maximum absolute atomic E-state index is 5.68. The van der Waals surface area contributed by atoms with Gasteiger partial charge in [-0.1, -0.05) is 13.0 Å². The maximum atomic E-state index is 5.68. The molecule has 1 heterocycles. The van der Waals surface area contributed by atoms with Crippen LogP contribution in [-0.4, -0.2) is 23.9 Å². The van der Waals surface area contributed by atoms with Crippen molar-refractivity contribution in [2.45, 2.75) is 13.5 Å². The van der Waals surface area contributed by atoms with E-state index in [9.17, 15) is 0 Å². The zero-order chi connectivity index (χ0) is 8.81. The van der Waals surface area contributed by atoms with Crippen molar-refractivity contribution in [3.05, 3.63) is 22.4 Å². The molecule has 0 saturated heterocycles. The second-order valence-corrected chi connectivity index (χ2v) is 4.05. The van der Waals surface area contributed by atoms with Gasteiger partial charge in [0.25, 0.3) is 0 Å². The van der Waals surface area contributed by atoms with Gasteiger partial charge in [-0.05, 0) is 18.0 Å². The molecule has 0 unspecified atom stereocenters. The first-order valence-corrected chi connectivity index (χ1v) is 5.59. The van der Waals surface area contributed by atoms with Crippen LogP contribution in [0, 0.1) is 0 Å². The lowest BCUT2D eigenvalue weighted by molar-refractivity contribution is 0.300. The Kier molecular flexibility index (Phi) is 4.66. The van der Waals surface area contributed by atoms with Gasteiger partial charge in [-0.3, -0.25) is 4.90 Å². The van der Waals surface area contributed by atoms with Crippen molar-refractivity contribution in [2.24, 2.45) is 0 Å². The summed E-state index contributed by atoms with van der Waals surface area (Å²) in [6.45, 7) is 5.27. The number of alkyl halides is 1. The fourth-order valence-corrected chi connectivity index (χ4v) is 2.08. The van der Waals surface area contributed by atoms with E-state index in [1.807, 2.05) is 11.3 Å². The Morgan fingerprint density at radius 3 is 2.92 bits per heavy atom. The number of nitrogens with zero attached hydrogens (tertiary/aromatic N) is 1. The molecule has 0 amide bonds. The van der Waals surface area contributed by atoms with Crippen molar-refractivity contribution in [3.8, 4) is 0 Å². The van der Waals surface area contributed by atoms with E-state index in [1.165, 1.54) is 4.88 Å². The number of thiophene rings is 1. The summed E-state index contributed by atoms with van der Waals surface area (Å²) in [4.78, 5) is 3.76. The molecule has 1 aromatic heterocycles. The quantitative estimate of drug-likeness (QED) is 0.666. The zero-order valence-electron chi connectivity index (χ0n) is 7.29. The Morgan fingerprint density at radius 1 is 1.58 bits per heavy atom. The summed E-state index contributed by atoms with van der Waals surface area (Å²) in [6, 6.07) is 4.26. The van der Waals surface area contributed by atoms with Crippen LogP contribution in [0.25, 0.3) is 0 Å². The van der Waals surface area contributed by atoms with Crippen molar-refractivity contribution in [1.82, 2.24) is 4.90 Å². The predicted molar refractivity (Wildman–Crippen MR) is 56.0 cm³/mol. The van der Waals surface area contributed by atoms with Crippen LogP contribution in [0.3, 0.4) is 0 Å². The summed E-state index contributed by atoms with van der Waals surface area (Å²) in [5, 5.41) is 2.11. The van der Waals surface area contributed by atoms with Gasteiger partial charge in [-0.25, -0.2) is 0 Å². The molecule has 0 bridgehead atoms. The van der Waals surface area contributed by atoms with E-state index in [1.54, 1.807) is 0 Å². The highest BCUT2D eigenvalue weighted by molar-refractivity contribution is 7.09. The SMILES string of the molecule is CCN(CCCl)Cc1cccs1. The van der Waals surface area contributed by atoms with Crippen LogP contribution >= 0.6 is 22.9 Å². The first kappa shape index (κ1) is 10.0. The Hall–Kier alpha value is -0.0500. The highest BCUT2D eigenvalue weighted by atomic mass is 35.5. The van der Waals surface area contributed by atoms with Gasteiger partial charge in [-0.2, -0.15) is 0 Å². The van der Waals surface area contributed by atoms with Crippen molar-refractivity contribution in [2.75, 3.05) is 19.0 Å². The number of halogens is 1. The van der Waals surface area contributed by atoms with E-state index in [2.05, 4.69) is 29.3 Å². The first-order chi connectivity index (χ1) is 5.86. The predicted octanol–water partition coefficient (Wildman–Crippen LogP) is 2.81. The standard InChI is InChI=1S/C9H14ClNS/c1-2-11(6-5-10)8-9-4-3-7-12-9/h3-4,7H,2,5-6,8H2,1H3. The van der Waals surface area contributed by atoms with Crippen LogP contribution < -0.4 is 0 Å². The van der Waals surface area contributed by atoms with E-state index in [4.69, 9.17) is 11.6 Å². The lowest BCUT2D eigenvalue weighted by Gasteiger charge is -2.17. The van der Waals surface area contributed by atoms with Gasteiger partial charge in [0, 0.05) is 23.8 Å². The van der Waals surface area contributed by atoms with Crippen LogP contribution in [0.15, 0.2) is 17.5 Å². The Bertz CT molecular complexity index is 198. The minimum absolute atomic E-state index is 0.721. The molecular weight excluding hydrogens is 190 g/mol. The van der Waals surface area contributed by atoms with Gasteiger partial charge >= 0.3 is 0 Å². The third-order valence-electron chi connectivity index (χ3n) is 1.81. The summed E-state index contributed by atoms with van der Waals surface area (Å²) in [5.41, 5.74) is 0. The fraction of sp³-hybridized carbons (Fsp3) is 0.556. The van der Waals surface area contributed by atoms with Crippen molar-refractivity contribution in [3.63, 3.8) is 0 Å². The molecular formula is C9H14ClNS. The van der Waals surface area contributed by atoms with Crippen LogP contribution in [0.2, 0.25) is 0 Å². The second-order valence-electron chi connectivity index (χ2n) is 2.64. The Morgan fingerprint density at radius 2 is 2.42 bits per heavy atom. The minimum atomic E-state index is 0.721. The molecule has 0 aliphatic heterocycles. The second kappa shape index (κ2) is 5.57.